The van der Waals surface area contributed by atoms with Crippen molar-refractivity contribution in [2.45, 2.75) is 25.5 Å². The second kappa shape index (κ2) is 5.08. The van der Waals surface area contributed by atoms with Crippen molar-refractivity contribution in [3.05, 3.63) is 63.3 Å². The van der Waals surface area contributed by atoms with Gasteiger partial charge in [-0.1, -0.05) is 0 Å². The summed E-state index contributed by atoms with van der Waals surface area (Å²) in [6, 6.07) is 0.894. The number of nitrogens with zero attached hydrogens (tertiary/aromatic N) is 1. The number of hydrogen-bond donors (Lipinski definition) is 0. The van der Waals surface area contributed by atoms with Gasteiger partial charge in [-0.15, -0.1) is 0 Å². The molecular weight excluding hydrogens is 238 g/mol. The van der Waals surface area contributed by atoms with Gasteiger partial charge in [0.2, 0.25) is 0 Å². The molecule has 10 radical (unpaired) electrons. The zero-order valence-corrected chi connectivity index (χ0v) is 11.2. The SMILES string of the molecule is CCO[C@@]1(C)C(=O)N([C]2[CH][CH][CH][CH]2)[C@H]1[C]1[CH][CH][CH][CH]1. The Hall–Kier alpha value is -0.570. The highest BCUT2D eigenvalue weighted by Gasteiger charge is 2.63. The largest absolute Gasteiger partial charge is 0.364 e. The number of likely N-dealkylation sites (tertiary alicyclic amines) is 1. The summed E-state index contributed by atoms with van der Waals surface area (Å²) >= 11 is 0. The molecule has 1 amide bonds. The molecule has 2 aliphatic carbocycles. The highest BCUT2D eigenvalue weighted by Crippen LogP contribution is 2.49. The number of carbonyl (C=O) groups excluding carboxylic acids is 1. The van der Waals surface area contributed by atoms with E-state index >= 15 is 0 Å². The van der Waals surface area contributed by atoms with Crippen LogP contribution in [0.15, 0.2) is 0 Å². The first kappa shape index (κ1) is 13.4. The maximum Gasteiger partial charge on any atom is 0.257 e. The van der Waals surface area contributed by atoms with Gasteiger partial charge in [0.15, 0.2) is 5.60 Å². The van der Waals surface area contributed by atoms with Gasteiger partial charge in [-0.3, -0.25) is 4.79 Å². The third-order valence-corrected chi connectivity index (χ3v) is 3.80. The van der Waals surface area contributed by atoms with Crippen LogP contribution in [0, 0.1) is 63.3 Å². The third-order valence-electron chi connectivity index (χ3n) is 3.80. The lowest BCUT2D eigenvalue weighted by Crippen LogP contribution is -2.75. The van der Waals surface area contributed by atoms with Gasteiger partial charge in [0.25, 0.3) is 5.91 Å². The van der Waals surface area contributed by atoms with Crippen molar-refractivity contribution in [1.29, 1.82) is 0 Å². The maximum absolute atomic E-state index is 12.5. The zero-order valence-electron chi connectivity index (χ0n) is 11.2. The van der Waals surface area contributed by atoms with Crippen LogP contribution in [0.1, 0.15) is 13.8 Å². The van der Waals surface area contributed by atoms with Crippen molar-refractivity contribution < 1.29 is 9.53 Å². The molecule has 0 bridgehead atoms. The molecule has 2 saturated carbocycles. The monoisotopic (exact) mass is 255 g/mol. The highest BCUT2D eigenvalue weighted by molar-refractivity contribution is 5.96. The molecule has 98 valence electrons. The minimum atomic E-state index is -0.750. The Kier molecular flexibility index (Phi) is 3.59. The van der Waals surface area contributed by atoms with Gasteiger partial charge in [-0.25, -0.2) is 0 Å². The van der Waals surface area contributed by atoms with E-state index in [1.165, 1.54) is 0 Å². The Morgan fingerprint density at radius 1 is 1.16 bits per heavy atom. The Bertz CT molecular complexity index is 345. The second-order valence-corrected chi connectivity index (χ2v) is 4.98. The van der Waals surface area contributed by atoms with Gasteiger partial charge in [-0.2, -0.15) is 0 Å². The minimum absolute atomic E-state index is 0.0340. The van der Waals surface area contributed by atoms with E-state index in [-0.39, 0.29) is 11.9 Å². The summed E-state index contributed by atoms with van der Waals surface area (Å²) in [4.78, 5) is 14.3. The lowest BCUT2D eigenvalue weighted by Gasteiger charge is -2.57. The van der Waals surface area contributed by atoms with Crippen molar-refractivity contribution in [3.63, 3.8) is 0 Å². The van der Waals surface area contributed by atoms with Crippen LogP contribution in [-0.4, -0.2) is 29.1 Å². The van der Waals surface area contributed by atoms with E-state index in [9.17, 15) is 4.79 Å². The van der Waals surface area contributed by atoms with Gasteiger partial charge in [0.05, 0.1) is 12.1 Å². The number of rotatable bonds is 4. The summed E-state index contributed by atoms with van der Waals surface area (Å²) in [6.07, 6.45) is 15.9. The molecule has 0 aromatic rings. The average molecular weight is 255 g/mol. The van der Waals surface area contributed by atoms with E-state index in [1.807, 2.05) is 70.1 Å². The number of β-lactam (4-membered cyclic amide) rings is 1. The number of carbonyl (C=O) groups is 1. The summed E-state index contributed by atoms with van der Waals surface area (Å²) in [6.45, 7) is 4.34. The van der Waals surface area contributed by atoms with Gasteiger partial charge in [0, 0.05) is 12.5 Å². The summed E-state index contributed by atoms with van der Waals surface area (Å²) in [5.74, 6) is 1.16. The average Bonchev–Trinajstić information content (AvgIpc) is 3.08. The van der Waals surface area contributed by atoms with Crippen LogP contribution in [-0.2, 0) is 9.53 Å². The molecule has 1 heterocycles. The fourth-order valence-corrected chi connectivity index (χ4v) is 2.92. The predicted molar refractivity (Wildman–Crippen MR) is 71.6 cm³/mol. The van der Waals surface area contributed by atoms with Gasteiger partial charge < -0.3 is 9.64 Å². The molecule has 1 saturated heterocycles. The van der Waals surface area contributed by atoms with Crippen LogP contribution in [0.25, 0.3) is 0 Å². The highest BCUT2D eigenvalue weighted by atomic mass is 16.5. The van der Waals surface area contributed by atoms with Crippen LogP contribution in [0.3, 0.4) is 0 Å². The lowest BCUT2D eigenvalue weighted by molar-refractivity contribution is -0.193. The molecule has 3 heteroatoms. The fourth-order valence-electron chi connectivity index (χ4n) is 2.92. The molecule has 0 spiro atoms. The molecule has 2 atom stereocenters. The van der Waals surface area contributed by atoms with Crippen molar-refractivity contribution in [2.75, 3.05) is 6.61 Å². The summed E-state index contributed by atoms with van der Waals surface area (Å²) < 4.78 is 5.75. The molecule has 19 heavy (non-hydrogen) atoms. The first-order chi connectivity index (χ1) is 9.18. The van der Waals surface area contributed by atoms with E-state index in [0.29, 0.717) is 6.61 Å². The van der Waals surface area contributed by atoms with Crippen LogP contribution < -0.4 is 0 Å². The van der Waals surface area contributed by atoms with E-state index in [4.69, 9.17) is 4.74 Å². The molecule has 1 aliphatic heterocycles. The third kappa shape index (κ3) is 2.01. The van der Waals surface area contributed by atoms with Crippen LogP contribution in [0.5, 0.6) is 0 Å². The lowest BCUT2D eigenvalue weighted by atomic mass is 9.73. The Labute approximate surface area is 116 Å². The molecule has 0 N–H and O–H groups in total. The standard InChI is InChI=1S/C16H17NO2/c1-3-19-16(2)14(12-8-4-5-9-12)17(15(16)18)13-10-6-7-11-13/h4-11,14H,3H2,1-2H3/t14-,16+/m0/s1. The van der Waals surface area contributed by atoms with Crippen molar-refractivity contribution in [1.82, 2.24) is 4.90 Å². The molecule has 0 unspecified atom stereocenters. The van der Waals surface area contributed by atoms with E-state index in [0.717, 1.165) is 12.0 Å². The van der Waals surface area contributed by atoms with Gasteiger partial charge in [-0.05, 0) is 65.2 Å². The van der Waals surface area contributed by atoms with E-state index < -0.39 is 5.60 Å². The van der Waals surface area contributed by atoms with Gasteiger partial charge in [0.1, 0.15) is 0 Å². The zero-order chi connectivity index (χ0) is 13.5. The van der Waals surface area contributed by atoms with Crippen molar-refractivity contribution >= 4 is 5.91 Å². The van der Waals surface area contributed by atoms with Crippen molar-refractivity contribution in [2.24, 2.45) is 0 Å². The quantitative estimate of drug-likeness (QED) is 0.716. The molecular formula is C16H17NO2. The smallest absolute Gasteiger partial charge is 0.257 e. The normalized spacial score (nSPS) is 37.1. The maximum atomic E-state index is 12.5. The first-order valence-corrected chi connectivity index (χ1v) is 6.59. The van der Waals surface area contributed by atoms with E-state index in [1.54, 1.807) is 0 Å². The Morgan fingerprint density at radius 2 is 1.74 bits per heavy atom. The molecule has 0 aromatic heterocycles. The Morgan fingerprint density at radius 3 is 2.32 bits per heavy atom. The number of ether oxygens (including phenoxy) is 1. The molecule has 3 aliphatic rings. The predicted octanol–water partition coefficient (Wildman–Crippen LogP) is 1.76. The molecule has 0 aromatic carbocycles. The van der Waals surface area contributed by atoms with Crippen LogP contribution in [0.2, 0.25) is 0 Å². The molecule has 3 nitrogen and oxygen atoms in total. The van der Waals surface area contributed by atoms with Gasteiger partial charge >= 0.3 is 0 Å². The molecule has 3 fully saturated rings. The van der Waals surface area contributed by atoms with Crippen molar-refractivity contribution in [3.8, 4) is 0 Å². The summed E-state index contributed by atoms with van der Waals surface area (Å²) in [5.41, 5.74) is -0.750. The second-order valence-electron chi connectivity index (χ2n) is 4.98. The van der Waals surface area contributed by atoms with Crippen LogP contribution in [0.4, 0.5) is 0 Å². The van der Waals surface area contributed by atoms with Crippen LogP contribution >= 0.6 is 0 Å². The first-order valence-electron chi connectivity index (χ1n) is 6.59. The summed E-state index contributed by atoms with van der Waals surface area (Å²) in [7, 11) is 0. The fraction of sp³-hybridized carbons (Fsp3) is 0.312. The minimum Gasteiger partial charge on any atom is -0.364 e. The number of amides is 1. The number of hydrogen-bond acceptors (Lipinski definition) is 2. The Balaban J connectivity index is 1.80. The molecule has 3 rings (SSSR count). The summed E-state index contributed by atoms with van der Waals surface area (Å²) in [5, 5.41) is 0. The topological polar surface area (TPSA) is 29.5 Å². The van der Waals surface area contributed by atoms with E-state index in [2.05, 4.69) is 0 Å².